The number of anilines is 2. The van der Waals surface area contributed by atoms with Gasteiger partial charge in [-0.25, -0.2) is 15.8 Å². The largest absolute Gasteiger partial charge is 0.358 e. The summed E-state index contributed by atoms with van der Waals surface area (Å²) in [7, 11) is 1.60. The topological polar surface area (TPSA) is 101 Å². The zero-order valence-corrected chi connectivity index (χ0v) is 10.9. The van der Waals surface area contributed by atoms with Gasteiger partial charge in [0.1, 0.15) is 0 Å². The molecule has 2 aromatic rings. The number of aromatic nitrogens is 3. The molecular weight excluding hydrogens is 246 g/mol. The van der Waals surface area contributed by atoms with E-state index in [4.69, 9.17) is 5.84 Å². The number of hydrogen-bond acceptors (Lipinski definition) is 6. The average Bonchev–Trinajstić information content (AvgIpc) is 2.91. The number of nitrogens with zero attached hydrogens (tertiary/aromatic N) is 4. The van der Waals surface area contributed by atoms with Crippen LogP contribution in [0.4, 0.5) is 11.6 Å². The Morgan fingerprint density at radius 2 is 2.37 bits per heavy atom. The molecule has 2 rings (SSSR count). The van der Waals surface area contributed by atoms with Crippen molar-refractivity contribution in [1.82, 2.24) is 19.7 Å². The molecule has 2 aromatic heterocycles. The van der Waals surface area contributed by atoms with Gasteiger partial charge >= 0.3 is 0 Å². The lowest BCUT2D eigenvalue weighted by Crippen LogP contribution is -2.36. The summed E-state index contributed by atoms with van der Waals surface area (Å²) in [6, 6.07) is 0. The number of nitrogens with two attached hydrogens (primary N) is 1. The van der Waals surface area contributed by atoms with E-state index in [1.807, 2.05) is 16.2 Å². The molecule has 8 heteroatoms. The Hall–Kier alpha value is -2.35. The van der Waals surface area contributed by atoms with Crippen LogP contribution in [-0.4, -0.2) is 40.4 Å². The minimum Gasteiger partial charge on any atom is -0.358 e. The first kappa shape index (κ1) is 13.1. The Morgan fingerprint density at radius 3 is 3.00 bits per heavy atom. The van der Waals surface area contributed by atoms with Crippen molar-refractivity contribution in [2.24, 2.45) is 5.84 Å². The number of hydrogen-bond donors (Lipinski definition) is 3. The number of likely N-dealkylation sites (N-methyl/N-ethyl adjacent to an activating group) is 2. The maximum atomic E-state index is 11.5. The molecule has 4 N–H and O–H groups in total. The molecule has 0 bridgehead atoms. The molecule has 0 aromatic carbocycles. The highest BCUT2D eigenvalue weighted by atomic mass is 16.1. The highest BCUT2D eigenvalue weighted by Gasteiger charge is 2.16. The van der Waals surface area contributed by atoms with Crippen molar-refractivity contribution < 1.29 is 4.79 Å². The number of amides is 1. The van der Waals surface area contributed by atoms with E-state index >= 15 is 0 Å². The van der Waals surface area contributed by atoms with Crippen molar-refractivity contribution in [2.45, 2.75) is 6.92 Å². The molecule has 0 radical (unpaired) electrons. The molecule has 2 heterocycles. The second-order valence-corrected chi connectivity index (χ2v) is 3.94. The summed E-state index contributed by atoms with van der Waals surface area (Å²) in [6.07, 6.45) is 5.21. The standard InChI is InChI=1S/C11H17N7O/c1-3-17(7-9(19)13-2)11-10-14-4-5-18(10)6-8(15-11)16-12/h4-6,16H,3,7,12H2,1-2H3,(H,13,19). The minimum absolute atomic E-state index is 0.0838. The fraction of sp³-hybridized carbons (Fsp3) is 0.364. The van der Waals surface area contributed by atoms with E-state index in [2.05, 4.69) is 20.7 Å². The highest BCUT2D eigenvalue weighted by Crippen LogP contribution is 2.19. The molecule has 0 aliphatic heterocycles. The Morgan fingerprint density at radius 1 is 1.58 bits per heavy atom. The van der Waals surface area contributed by atoms with E-state index in [-0.39, 0.29) is 12.5 Å². The fourth-order valence-electron chi connectivity index (χ4n) is 1.79. The molecular formula is C11H17N7O. The van der Waals surface area contributed by atoms with E-state index in [0.29, 0.717) is 23.8 Å². The van der Waals surface area contributed by atoms with E-state index in [1.54, 1.807) is 25.6 Å². The first-order chi connectivity index (χ1) is 9.19. The quantitative estimate of drug-likeness (QED) is 0.501. The number of nitrogens with one attached hydrogen (secondary N) is 2. The summed E-state index contributed by atoms with van der Waals surface area (Å²) in [5.41, 5.74) is 3.19. The SMILES string of the molecule is CCN(CC(=O)NC)c1nc(NN)cn2ccnc12. The van der Waals surface area contributed by atoms with Crippen LogP contribution in [0, 0.1) is 0 Å². The molecule has 0 aliphatic carbocycles. The van der Waals surface area contributed by atoms with E-state index < -0.39 is 0 Å². The lowest BCUT2D eigenvalue weighted by atomic mass is 10.4. The molecule has 0 atom stereocenters. The summed E-state index contributed by atoms with van der Waals surface area (Å²) < 4.78 is 1.81. The van der Waals surface area contributed by atoms with Gasteiger partial charge in [0.25, 0.3) is 0 Å². The number of rotatable bonds is 5. The van der Waals surface area contributed by atoms with Crippen LogP contribution in [0.2, 0.25) is 0 Å². The third kappa shape index (κ3) is 2.58. The smallest absolute Gasteiger partial charge is 0.239 e. The van der Waals surface area contributed by atoms with E-state index in [9.17, 15) is 4.79 Å². The number of hydrazine groups is 1. The van der Waals surface area contributed by atoms with Crippen LogP contribution >= 0.6 is 0 Å². The maximum Gasteiger partial charge on any atom is 0.239 e. The lowest BCUT2D eigenvalue weighted by molar-refractivity contribution is -0.119. The predicted molar refractivity (Wildman–Crippen MR) is 72.8 cm³/mol. The van der Waals surface area contributed by atoms with Crippen LogP contribution < -0.4 is 21.5 Å². The molecule has 0 saturated heterocycles. The summed E-state index contributed by atoms with van der Waals surface area (Å²) in [5.74, 6) is 6.45. The first-order valence-corrected chi connectivity index (χ1v) is 5.95. The predicted octanol–water partition coefficient (Wildman–Crippen LogP) is -0.413. The molecule has 0 fully saturated rings. The number of carbonyl (C=O) groups is 1. The molecule has 19 heavy (non-hydrogen) atoms. The van der Waals surface area contributed by atoms with Gasteiger partial charge in [-0.05, 0) is 6.92 Å². The van der Waals surface area contributed by atoms with Gasteiger partial charge in [0.15, 0.2) is 17.3 Å². The molecule has 8 nitrogen and oxygen atoms in total. The number of carbonyl (C=O) groups excluding carboxylic acids is 1. The van der Waals surface area contributed by atoms with Crippen molar-refractivity contribution >= 4 is 23.2 Å². The van der Waals surface area contributed by atoms with Crippen LogP contribution in [0.5, 0.6) is 0 Å². The molecule has 0 aliphatic rings. The third-order valence-corrected chi connectivity index (χ3v) is 2.80. The molecule has 102 valence electrons. The highest BCUT2D eigenvalue weighted by molar-refractivity contribution is 5.82. The van der Waals surface area contributed by atoms with Crippen molar-refractivity contribution in [1.29, 1.82) is 0 Å². The molecule has 1 amide bonds. The second kappa shape index (κ2) is 5.53. The van der Waals surface area contributed by atoms with Crippen molar-refractivity contribution in [3.8, 4) is 0 Å². The zero-order chi connectivity index (χ0) is 13.8. The molecule has 0 saturated carbocycles. The summed E-state index contributed by atoms with van der Waals surface area (Å²) in [5, 5.41) is 2.59. The van der Waals surface area contributed by atoms with Crippen molar-refractivity contribution in [2.75, 3.05) is 30.5 Å². The summed E-state index contributed by atoms with van der Waals surface area (Å²) in [6.45, 7) is 2.81. The van der Waals surface area contributed by atoms with Crippen LogP contribution in [0.15, 0.2) is 18.6 Å². The van der Waals surface area contributed by atoms with Gasteiger partial charge in [-0.15, -0.1) is 0 Å². The van der Waals surface area contributed by atoms with Gasteiger partial charge in [-0.3, -0.25) is 4.79 Å². The summed E-state index contributed by atoms with van der Waals surface area (Å²) in [4.78, 5) is 22.0. The third-order valence-electron chi connectivity index (χ3n) is 2.80. The Balaban J connectivity index is 2.45. The molecule has 0 spiro atoms. The van der Waals surface area contributed by atoms with Gasteiger partial charge in [0.2, 0.25) is 5.91 Å². The van der Waals surface area contributed by atoms with Gasteiger partial charge in [-0.2, -0.15) is 0 Å². The van der Waals surface area contributed by atoms with Gasteiger partial charge in [-0.1, -0.05) is 0 Å². The van der Waals surface area contributed by atoms with Crippen molar-refractivity contribution in [3.05, 3.63) is 18.6 Å². The number of fused-ring (bicyclic) bond motifs is 1. The van der Waals surface area contributed by atoms with E-state index in [0.717, 1.165) is 0 Å². The fourth-order valence-corrected chi connectivity index (χ4v) is 1.79. The van der Waals surface area contributed by atoms with Crippen molar-refractivity contribution in [3.63, 3.8) is 0 Å². The number of nitrogen functional groups attached to an aromatic ring is 1. The van der Waals surface area contributed by atoms with Gasteiger partial charge in [0, 0.05) is 26.0 Å². The zero-order valence-electron chi connectivity index (χ0n) is 10.9. The number of imidazole rings is 1. The Labute approximate surface area is 110 Å². The first-order valence-electron chi connectivity index (χ1n) is 5.95. The monoisotopic (exact) mass is 263 g/mol. The summed E-state index contributed by atoms with van der Waals surface area (Å²) >= 11 is 0. The van der Waals surface area contributed by atoms with E-state index in [1.165, 1.54) is 0 Å². The normalized spacial score (nSPS) is 10.5. The molecule has 0 unspecified atom stereocenters. The van der Waals surface area contributed by atoms with Gasteiger partial charge in [0.05, 0.1) is 12.7 Å². The maximum absolute atomic E-state index is 11.5. The van der Waals surface area contributed by atoms with Crippen LogP contribution in [0.3, 0.4) is 0 Å². The average molecular weight is 263 g/mol. The van der Waals surface area contributed by atoms with Crippen LogP contribution in [0.1, 0.15) is 6.92 Å². The second-order valence-electron chi connectivity index (χ2n) is 3.94. The Bertz CT molecular complexity index is 579. The lowest BCUT2D eigenvalue weighted by Gasteiger charge is -2.21. The van der Waals surface area contributed by atoms with Crippen LogP contribution in [-0.2, 0) is 4.79 Å². The minimum atomic E-state index is -0.0838. The Kier molecular flexibility index (Phi) is 3.81. The van der Waals surface area contributed by atoms with Gasteiger partial charge < -0.3 is 20.0 Å². The van der Waals surface area contributed by atoms with Crippen LogP contribution in [0.25, 0.3) is 5.65 Å².